The Morgan fingerprint density at radius 2 is 1.48 bits per heavy atom. The lowest BCUT2D eigenvalue weighted by Crippen LogP contribution is -2.45. The van der Waals surface area contributed by atoms with Crippen molar-refractivity contribution in [1.29, 1.82) is 0 Å². The lowest BCUT2D eigenvalue weighted by molar-refractivity contribution is -0.274. The number of phenolic OH excluding ortho intramolecular Hbond substituents is 1. The molecule has 0 aliphatic carbocycles. The molecule has 0 amide bonds. The van der Waals surface area contributed by atoms with Gasteiger partial charge in [-0.2, -0.15) is 0 Å². The van der Waals surface area contributed by atoms with Crippen LogP contribution in [0.4, 0.5) is 13.2 Å². The Bertz CT molecular complexity index is 782. The Hall–Kier alpha value is -0.710. The standard InChI is InChI=1S/C18H17Br2F3N2O2.2ClH/c19-14-9-12(10-15(20)17(14)26)16(25-7-5-24-6-8-25)11-1-3-13(4-2-11)27-18(21,22)23;;/h1-4,9-10,16,24,26H,5-8H2;2*1H/t16-;;/m0../s1. The van der Waals surface area contributed by atoms with Crippen molar-refractivity contribution < 1.29 is 23.0 Å². The molecule has 1 heterocycles. The number of alkyl halides is 3. The van der Waals surface area contributed by atoms with Crippen LogP contribution in [0.25, 0.3) is 0 Å². The molecule has 0 radical (unpaired) electrons. The highest BCUT2D eigenvalue weighted by molar-refractivity contribution is 9.11. The molecule has 11 heteroatoms. The molecule has 1 fully saturated rings. The van der Waals surface area contributed by atoms with E-state index in [0.29, 0.717) is 8.95 Å². The third-order valence-electron chi connectivity index (χ3n) is 4.30. The fraction of sp³-hybridized carbons (Fsp3) is 0.333. The maximum Gasteiger partial charge on any atom is 0.573 e. The molecule has 29 heavy (non-hydrogen) atoms. The minimum atomic E-state index is -4.72. The third kappa shape index (κ3) is 6.90. The molecule has 0 bridgehead atoms. The van der Waals surface area contributed by atoms with Gasteiger partial charge in [0.1, 0.15) is 11.5 Å². The van der Waals surface area contributed by atoms with E-state index < -0.39 is 6.36 Å². The molecule has 2 aromatic rings. The van der Waals surface area contributed by atoms with Gasteiger partial charge >= 0.3 is 6.36 Å². The summed E-state index contributed by atoms with van der Waals surface area (Å²) < 4.78 is 42.3. The number of nitrogens with one attached hydrogen (secondary N) is 1. The quantitative estimate of drug-likeness (QED) is 0.489. The van der Waals surface area contributed by atoms with Gasteiger partial charge in [0.05, 0.1) is 15.0 Å². The minimum Gasteiger partial charge on any atom is -0.506 e. The normalized spacial score (nSPS) is 15.8. The summed E-state index contributed by atoms with van der Waals surface area (Å²) in [5.74, 6) is -0.148. The van der Waals surface area contributed by atoms with Crippen LogP contribution in [0, 0.1) is 0 Å². The van der Waals surface area contributed by atoms with E-state index in [1.807, 2.05) is 12.1 Å². The maximum atomic E-state index is 12.4. The number of hydrogen-bond acceptors (Lipinski definition) is 4. The smallest absolute Gasteiger partial charge is 0.506 e. The Labute approximate surface area is 195 Å². The highest BCUT2D eigenvalue weighted by Crippen LogP contribution is 2.39. The fourth-order valence-corrected chi connectivity index (χ4v) is 4.37. The van der Waals surface area contributed by atoms with E-state index >= 15 is 0 Å². The first-order valence-electron chi connectivity index (χ1n) is 8.23. The number of aromatic hydroxyl groups is 1. The van der Waals surface area contributed by atoms with E-state index in [-0.39, 0.29) is 42.4 Å². The second-order valence-corrected chi connectivity index (χ2v) is 7.85. The Morgan fingerprint density at radius 1 is 0.966 bits per heavy atom. The van der Waals surface area contributed by atoms with Crippen molar-refractivity contribution in [3.05, 3.63) is 56.5 Å². The second-order valence-electron chi connectivity index (χ2n) is 6.14. The van der Waals surface area contributed by atoms with E-state index in [2.05, 4.69) is 46.8 Å². The molecule has 0 spiro atoms. The highest BCUT2D eigenvalue weighted by atomic mass is 79.9. The van der Waals surface area contributed by atoms with Gasteiger partial charge in [-0.1, -0.05) is 12.1 Å². The van der Waals surface area contributed by atoms with E-state index in [0.717, 1.165) is 37.3 Å². The first-order chi connectivity index (χ1) is 12.7. The predicted molar refractivity (Wildman–Crippen MR) is 117 cm³/mol. The first-order valence-corrected chi connectivity index (χ1v) is 9.81. The number of phenols is 1. The van der Waals surface area contributed by atoms with E-state index in [9.17, 15) is 18.3 Å². The van der Waals surface area contributed by atoms with E-state index in [1.54, 1.807) is 12.1 Å². The molecule has 1 aliphatic heterocycles. The molecular weight excluding hydrogens is 564 g/mol. The molecule has 1 aliphatic rings. The topological polar surface area (TPSA) is 44.7 Å². The van der Waals surface area contributed by atoms with Crippen LogP contribution in [0.15, 0.2) is 45.3 Å². The molecule has 1 saturated heterocycles. The maximum absolute atomic E-state index is 12.4. The third-order valence-corrected chi connectivity index (χ3v) is 5.51. The van der Waals surface area contributed by atoms with Gasteiger partial charge < -0.3 is 15.2 Å². The first kappa shape index (κ1) is 26.3. The van der Waals surface area contributed by atoms with Crippen LogP contribution in [0.2, 0.25) is 0 Å². The fourth-order valence-electron chi connectivity index (χ4n) is 3.15. The summed E-state index contributed by atoms with van der Waals surface area (Å²) in [7, 11) is 0. The van der Waals surface area contributed by atoms with Crippen LogP contribution >= 0.6 is 56.7 Å². The van der Waals surface area contributed by atoms with Crippen LogP contribution < -0.4 is 10.1 Å². The largest absolute Gasteiger partial charge is 0.573 e. The van der Waals surface area contributed by atoms with Crippen molar-refractivity contribution in [2.45, 2.75) is 12.4 Å². The lowest BCUT2D eigenvalue weighted by atomic mass is 9.96. The van der Waals surface area contributed by atoms with Gasteiger partial charge in [-0.15, -0.1) is 38.0 Å². The predicted octanol–water partition coefficient (Wildman–Crippen LogP) is 5.65. The van der Waals surface area contributed by atoms with Crippen LogP contribution in [0.1, 0.15) is 17.2 Å². The summed E-state index contributed by atoms with van der Waals surface area (Å²) >= 11 is 6.70. The number of piperazine rings is 1. The number of ether oxygens (including phenoxy) is 1. The second kappa shape index (κ2) is 11.1. The molecule has 2 N–H and O–H groups in total. The molecular formula is C18H19Br2Cl2F3N2O2. The van der Waals surface area contributed by atoms with Crippen molar-refractivity contribution in [3.8, 4) is 11.5 Å². The minimum absolute atomic E-state index is 0. The molecule has 1 atom stereocenters. The Morgan fingerprint density at radius 3 is 1.97 bits per heavy atom. The van der Waals surface area contributed by atoms with Gasteiger partial charge in [0.2, 0.25) is 0 Å². The number of halogens is 7. The molecule has 0 unspecified atom stereocenters. The molecule has 0 saturated carbocycles. The Balaban J connectivity index is 0.00000210. The summed E-state index contributed by atoms with van der Waals surface area (Å²) in [5, 5.41) is 13.3. The highest BCUT2D eigenvalue weighted by Gasteiger charge is 2.31. The summed E-state index contributed by atoms with van der Waals surface area (Å²) in [5.41, 5.74) is 1.76. The zero-order valence-electron chi connectivity index (χ0n) is 14.9. The van der Waals surface area contributed by atoms with Crippen molar-refractivity contribution in [2.75, 3.05) is 26.2 Å². The average molecular weight is 583 g/mol. The molecule has 3 rings (SSSR count). The van der Waals surface area contributed by atoms with E-state index in [4.69, 9.17) is 0 Å². The summed E-state index contributed by atoms with van der Waals surface area (Å²) in [6.07, 6.45) is -4.72. The van der Waals surface area contributed by atoms with Crippen LogP contribution in [0.5, 0.6) is 11.5 Å². The molecule has 2 aromatic carbocycles. The van der Waals surface area contributed by atoms with Crippen LogP contribution in [-0.2, 0) is 0 Å². The molecule has 162 valence electrons. The van der Waals surface area contributed by atoms with Gasteiger partial charge in [0.15, 0.2) is 0 Å². The van der Waals surface area contributed by atoms with Crippen molar-refractivity contribution in [2.24, 2.45) is 0 Å². The molecule has 0 aromatic heterocycles. The Kier molecular flexibility index (Phi) is 10.0. The van der Waals surface area contributed by atoms with Gasteiger partial charge in [0.25, 0.3) is 0 Å². The van der Waals surface area contributed by atoms with Crippen molar-refractivity contribution in [3.63, 3.8) is 0 Å². The van der Waals surface area contributed by atoms with Gasteiger partial charge in [0, 0.05) is 26.2 Å². The molecule has 4 nitrogen and oxygen atoms in total. The van der Waals surface area contributed by atoms with E-state index in [1.165, 1.54) is 12.1 Å². The van der Waals surface area contributed by atoms with Crippen LogP contribution in [-0.4, -0.2) is 42.5 Å². The lowest BCUT2D eigenvalue weighted by Gasteiger charge is -2.36. The number of hydrogen-bond donors (Lipinski definition) is 2. The average Bonchev–Trinajstić information content (AvgIpc) is 2.61. The van der Waals surface area contributed by atoms with Crippen molar-refractivity contribution in [1.82, 2.24) is 10.2 Å². The van der Waals surface area contributed by atoms with Gasteiger partial charge in [-0.05, 0) is 67.3 Å². The van der Waals surface area contributed by atoms with Gasteiger partial charge in [-0.3, -0.25) is 4.90 Å². The van der Waals surface area contributed by atoms with Crippen LogP contribution in [0.3, 0.4) is 0 Å². The summed E-state index contributed by atoms with van der Waals surface area (Å²) in [6, 6.07) is 9.41. The zero-order valence-corrected chi connectivity index (χ0v) is 19.7. The number of nitrogens with zero attached hydrogens (tertiary/aromatic N) is 1. The summed E-state index contributed by atoms with van der Waals surface area (Å²) in [4.78, 5) is 2.25. The monoisotopic (exact) mass is 580 g/mol. The zero-order chi connectivity index (χ0) is 19.6. The van der Waals surface area contributed by atoms with Crippen molar-refractivity contribution >= 4 is 56.7 Å². The summed E-state index contributed by atoms with van der Waals surface area (Å²) in [6.45, 7) is 3.24. The SMILES string of the molecule is Cl.Cl.Oc1c(Br)cc([C@H](c2ccc(OC(F)(F)F)cc2)N2CCNCC2)cc1Br. The number of rotatable bonds is 4. The van der Waals surface area contributed by atoms with Gasteiger partial charge in [-0.25, -0.2) is 0 Å². The number of benzene rings is 2.